The quantitative estimate of drug-likeness (QED) is 0.765. The maximum atomic E-state index is 3.98. The summed E-state index contributed by atoms with van der Waals surface area (Å²) < 4.78 is 0. The Bertz CT molecular complexity index is 256. The standard InChI is InChI=1S/C10H15N3/c1-2-10(8-3-4-8)13-9-5-11-7-12-6-9/h5-8,10,13H,2-4H2,1H3. The van der Waals surface area contributed by atoms with Crippen LogP contribution in [-0.2, 0) is 0 Å². The summed E-state index contributed by atoms with van der Waals surface area (Å²) in [5.41, 5.74) is 1.04. The van der Waals surface area contributed by atoms with Crippen LogP contribution in [0.25, 0.3) is 0 Å². The minimum atomic E-state index is 0.617. The van der Waals surface area contributed by atoms with Gasteiger partial charge in [0.05, 0.1) is 18.1 Å². The molecule has 70 valence electrons. The molecule has 0 aromatic carbocycles. The van der Waals surface area contributed by atoms with Crippen molar-refractivity contribution in [3.8, 4) is 0 Å². The summed E-state index contributed by atoms with van der Waals surface area (Å²) >= 11 is 0. The molecular formula is C10H15N3. The summed E-state index contributed by atoms with van der Waals surface area (Å²) in [5.74, 6) is 0.880. The average molecular weight is 177 g/mol. The van der Waals surface area contributed by atoms with E-state index in [0.717, 1.165) is 11.6 Å². The van der Waals surface area contributed by atoms with Crippen LogP contribution in [0.3, 0.4) is 0 Å². The molecule has 0 radical (unpaired) electrons. The minimum absolute atomic E-state index is 0.617. The number of hydrogen-bond acceptors (Lipinski definition) is 3. The Morgan fingerprint density at radius 2 is 2.15 bits per heavy atom. The molecule has 1 aliphatic rings. The highest BCUT2D eigenvalue weighted by molar-refractivity contribution is 5.38. The molecule has 3 heteroatoms. The predicted octanol–water partition coefficient (Wildman–Crippen LogP) is 2.08. The van der Waals surface area contributed by atoms with Crippen LogP contribution in [0.2, 0.25) is 0 Å². The Kier molecular flexibility index (Phi) is 2.43. The molecule has 0 spiro atoms. The van der Waals surface area contributed by atoms with E-state index in [0.29, 0.717) is 6.04 Å². The van der Waals surface area contributed by atoms with Crippen LogP contribution in [-0.4, -0.2) is 16.0 Å². The summed E-state index contributed by atoms with van der Waals surface area (Å²) in [4.78, 5) is 7.96. The normalized spacial score (nSPS) is 18.2. The van der Waals surface area contributed by atoms with Crippen molar-refractivity contribution in [1.82, 2.24) is 9.97 Å². The van der Waals surface area contributed by atoms with Crippen molar-refractivity contribution in [2.24, 2.45) is 5.92 Å². The second-order valence-electron chi connectivity index (χ2n) is 3.62. The first kappa shape index (κ1) is 8.48. The highest BCUT2D eigenvalue weighted by Gasteiger charge is 2.29. The highest BCUT2D eigenvalue weighted by atomic mass is 15.0. The zero-order chi connectivity index (χ0) is 9.10. The summed E-state index contributed by atoms with van der Waals surface area (Å²) in [5, 5.41) is 3.47. The Balaban J connectivity index is 1.95. The fourth-order valence-corrected chi connectivity index (χ4v) is 1.64. The van der Waals surface area contributed by atoms with Gasteiger partial charge in [-0.05, 0) is 25.2 Å². The summed E-state index contributed by atoms with van der Waals surface area (Å²) in [6, 6.07) is 0.617. The lowest BCUT2D eigenvalue weighted by atomic mass is 10.1. The molecule has 3 nitrogen and oxygen atoms in total. The number of anilines is 1. The van der Waals surface area contributed by atoms with Gasteiger partial charge in [-0.15, -0.1) is 0 Å². The smallest absolute Gasteiger partial charge is 0.115 e. The molecule has 2 rings (SSSR count). The third-order valence-corrected chi connectivity index (χ3v) is 2.54. The minimum Gasteiger partial charge on any atom is -0.380 e. The molecule has 1 fully saturated rings. The lowest BCUT2D eigenvalue weighted by molar-refractivity contribution is 0.616. The van der Waals surface area contributed by atoms with Crippen LogP contribution < -0.4 is 5.32 Å². The van der Waals surface area contributed by atoms with Crippen LogP contribution in [0, 0.1) is 5.92 Å². The van der Waals surface area contributed by atoms with E-state index < -0.39 is 0 Å². The Morgan fingerprint density at radius 1 is 1.46 bits per heavy atom. The molecule has 1 atom stereocenters. The second-order valence-corrected chi connectivity index (χ2v) is 3.62. The van der Waals surface area contributed by atoms with Gasteiger partial charge in [0, 0.05) is 6.04 Å². The van der Waals surface area contributed by atoms with Gasteiger partial charge in [-0.3, -0.25) is 0 Å². The lowest BCUT2D eigenvalue weighted by Crippen LogP contribution is -2.20. The monoisotopic (exact) mass is 177 g/mol. The van der Waals surface area contributed by atoms with Crippen LogP contribution in [0.1, 0.15) is 26.2 Å². The van der Waals surface area contributed by atoms with Gasteiger partial charge in [-0.2, -0.15) is 0 Å². The number of rotatable bonds is 4. The fraction of sp³-hybridized carbons (Fsp3) is 0.600. The van der Waals surface area contributed by atoms with E-state index in [1.54, 1.807) is 6.33 Å². The van der Waals surface area contributed by atoms with Gasteiger partial charge in [0.15, 0.2) is 0 Å². The van der Waals surface area contributed by atoms with E-state index in [1.807, 2.05) is 12.4 Å². The third kappa shape index (κ3) is 2.17. The van der Waals surface area contributed by atoms with Crippen molar-refractivity contribution in [3.05, 3.63) is 18.7 Å². The molecule has 0 bridgehead atoms. The molecule has 0 saturated heterocycles. The van der Waals surface area contributed by atoms with E-state index in [-0.39, 0.29) is 0 Å². The van der Waals surface area contributed by atoms with Crippen LogP contribution in [0.5, 0.6) is 0 Å². The van der Waals surface area contributed by atoms with Crippen molar-refractivity contribution in [1.29, 1.82) is 0 Å². The topological polar surface area (TPSA) is 37.8 Å². The van der Waals surface area contributed by atoms with Crippen LogP contribution in [0.15, 0.2) is 18.7 Å². The maximum absolute atomic E-state index is 3.98. The SMILES string of the molecule is CCC(Nc1cncnc1)C1CC1. The summed E-state index contributed by atoms with van der Waals surface area (Å²) in [6.07, 6.45) is 9.15. The number of aromatic nitrogens is 2. The van der Waals surface area contributed by atoms with Crippen molar-refractivity contribution in [2.45, 2.75) is 32.2 Å². The average Bonchev–Trinajstić information content (AvgIpc) is 2.99. The van der Waals surface area contributed by atoms with Crippen LogP contribution >= 0.6 is 0 Å². The van der Waals surface area contributed by atoms with E-state index in [9.17, 15) is 0 Å². The molecule has 0 aliphatic heterocycles. The van der Waals surface area contributed by atoms with E-state index >= 15 is 0 Å². The molecule has 1 saturated carbocycles. The van der Waals surface area contributed by atoms with E-state index in [1.165, 1.54) is 19.3 Å². The largest absolute Gasteiger partial charge is 0.380 e. The lowest BCUT2D eigenvalue weighted by Gasteiger charge is -2.16. The van der Waals surface area contributed by atoms with Crippen molar-refractivity contribution < 1.29 is 0 Å². The first-order chi connectivity index (χ1) is 6.40. The number of hydrogen-bond donors (Lipinski definition) is 1. The molecule has 1 aromatic rings. The zero-order valence-corrected chi connectivity index (χ0v) is 7.90. The fourth-order valence-electron chi connectivity index (χ4n) is 1.64. The zero-order valence-electron chi connectivity index (χ0n) is 7.90. The van der Waals surface area contributed by atoms with Crippen LogP contribution in [0.4, 0.5) is 5.69 Å². The van der Waals surface area contributed by atoms with Crippen molar-refractivity contribution in [2.75, 3.05) is 5.32 Å². The van der Waals surface area contributed by atoms with Gasteiger partial charge in [0.2, 0.25) is 0 Å². The van der Waals surface area contributed by atoms with Crippen molar-refractivity contribution >= 4 is 5.69 Å². The molecule has 1 aliphatic carbocycles. The molecule has 0 amide bonds. The highest BCUT2D eigenvalue weighted by Crippen LogP contribution is 2.35. The Hall–Kier alpha value is -1.12. The maximum Gasteiger partial charge on any atom is 0.115 e. The second kappa shape index (κ2) is 3.73. The van der Waals surface area contributed by atoms with Gasteiger partial charge in [0.25, 0.3) is 0 Å². The Morgan fingerprint density at radius 3 is 2.69 bits per heavy atom. The summed E-state index contributed by atoms with van der Waals surface area (Å²) in [6.45, 7) is 2.22. The van der Waals surface area contributed by atoms with Gasteiger partial charge in [-0.25, -0.2) is 9.97 Å². The predicted molar refractivity (Wildman–Crippen MR) is 52.5 cm³/mol. The third-order valence-electron chi connectivity index (χ3n) is 2.54. The van der Waals surface area contributed by atoms with E-state index in [2.05, 4.69) is 22.2 Å². The van der Waals surface area contributed by atoms with Gasteiger partial charge >= 0.3 is 0 Å². The van der Waals surface area contributed by atoms with Gasteiger partial charge in [-0.1, -0.05) is 6.92 Å². The molecule has 1 heterocycles. The number of nitrogens with one attached hydrogen (secondary N) is 1. The molecule has 1 unspecified atom stereocenters. The van der Waals surface area contributed by atoms with Gasteiger partial charge < -0.3 is 5.32 Å². The summed E-state index contributed by atoms with van der Waals surface area (Å²) in [7, 11) is 0. The molecule has 13 heavy (non-hydrogen) atoms. The van der Waals surface area contributed by atoms with Gasteiger partial charge in [0.1, 0.15) is 6.33 Å². The van der Waals surface area contributed by atoms with Crippen molar-refractivity contribution in [3.63, 3.8) is 0 Å². The Labute approximate surface area is 78.6 Å². The molecular weight excluding hydrogens is 162 g/mol. The molecule has 1 N–H and O–H groups in total. The first-order valence-electron chi connectivity index (χ1n) is 4.91. The molecule has 1 aromatic heterocycles. The number of nitrogens with zero attached hydrogens (tertiary/aromatic N) is 2. The first-order valence-corrected chi connectivity index (χ1v) is 4.91. The van der Waals surface area contributed by atoms with E-state index in [4.69, 9.17) is 0 Å².